The maximum Gasteiger partial charge on any atom is 0.303 e. The Morgan fingerprint density at radius 2 is 1.89 bits per heavy atom. The highest BCUT2D eigenvalue weighted by molar-refractivity contribution is 5.76. The van der Waals surface area contributed by atoms with E-state index in [1.807, 2.05) is 48.5 Å². The lowest BCUT2D eigenvalue weighted by Crippen LogP contribution is -2.56. The van der Waals surface area contributed by atoms with Gasteiger partial charge in [0.15, 0.2) is 0 Å². The third-order valence-electron chi connectivity index (χ3n) is 4.98. The van der Waals surface area contributed by atoms with Crippen molar-refractivity contribution < 1.29 is 19.4 Å². The number of ether oxygens (including phenoxy) is 1. The van der Waals surface area contributed by atoms with E-state index in [-0.39, 0.29) is 18.2 Å². The molecule has 0 saturated heterocycles. The Hall–Kier alpha value is -3.02. The van der Waals surface area contributed by atoms with Crippen molar-refractivity contribution in [2.24, 2.45) is 0 Å². The summed E-state index contributed by atoms with van der Waals surface area (Å²) in [5.74, 6) is -0.405. The third kappa shape index (κ3) is 4.05. The number of aliphatic carboxylic acids is 1. The summed E-state index contributed by atoms with van der Waals surface area (Å²) in [6, 6.07) is 15.5. The first kappa shape index (κ1) is 18.8. The number of para-hydroxylation sites is 1. The molecule has 3 rings (SSSR count). The largest absolute Gasteiger partial charge is 0.497 e. The molecule has 1 amide bonds. The van der Waals surface area contributed by atoms with E-state index in [1.54, 1.807) is 7.11 Å². The van der Waals surface area contributed by atoms with Gasteiger partial charge in [0.05, 0.1) is 7.11 Å². The SMILES string of the molecule is COc1ccc(C[C@@]2(NC(C)=O)Nc3ccccc3[C@@H]2CCC(=O)O)cc1. The van der Waals surface area contributed by atoms with Gasteiger partial charge in [-0.3, -0.25) is 9.59 Å². The van der Waals surface area contributed by atoms with Crippen LogP contribution in [0, 0.1) is 0 Å². The van der Waals surface area contributed by atoms with Crippen LogP contribution in [0.5, 0.6) is 5.75 Å². The molecule has 6 nitrogen and oxygen atoms in total. The predicted molar refractivity (Wildman–Crippen MR) is 103 cm³/mol. The molecule has 1 aliphatic heterocycles. The van der Waals surface area contributed by atoms with Crippen LogP contribution in [-0.4, -0.2) is 29.8 Å². The number of hydrogen-bond donors (Lipinski definition) is 3. The maximum atomic E-state index is 12.0. The van der Waals surface area contributed by atoms with Gasteiger partial charge < -0.3 is 20.5 Å². The average Bonchev–Trinajstić information content (AvgIpc) is 2.92. The molecule has 2 aromatic carbocycles. The van der Waals surface area contributed by atoms with Crippen LogP contribution in [0.3, 0.4) is 0 Å². The number of carbonyl (C=O) groups excluding carboxylic acids is 1. The predicted octanol–water partition coefficient (Wildman–Crippen LogP) is 3.14. The summed E-state index contributed by atoms with van der Waals surface area (Å²) in [5.41, 5.74) is 2.20. The quantitative estimate of drug-likeness (QED) is 0.699. The molecular weight excluding hydrogens is 344 g/mol. The Bertz CT molecular complexity index is 834. The number of benzene rings is 2. The molecule has 1 aliphatic rings. The molecule has 0 aliphatic carbocycles. The van der Waals surface area contributed by atoms with Crippen LogP contribution >= 0.6 is 0 Å². The van der Waals surface area contributed by atoms with Crippen LogP contribution in [0.2, 0.25) is 0 Å². The molecule has 1 heterocycles. The van der Waals surface area contributed by atoms with Gasteiger partial charge in [-0.1, -0.05) is 30.3 Å². The zero-order chi connectivity index (χ0) is 19.4. The molecule has 0 unspecified atom stereocenters. The topological polar surface area (TPSA) is 87.7 Å². The highest BCUT2D eigenvalue weighted by atomic mass is 16.5. The Kier molecular flexibility index (Phi) is 5.35. The van der Waals surface area contributed by atoms with Crippen molar-refractivity contribution in [2.45, 2.75) is 37.8 Å². The Morgan fingerprint density at radius 3 is 2.52 bits per heavy atom. The number of fused-ring (bicyclic) bond motifs is 1. The van der Waals surface area contributed by atoms with Crippen LogP contribution in [0.4, 0.5) is 5.69 Å². The summed E-state index contributed by atoms with van der Waals surface area (Å²) in [7, 11) is 1.62. The summed E-state index contributed by atoms with van der Waals surface area (Å²) < 4.78 is 5.21. The first-order valence-corrected chi connectivity index (χ1v) is 8.94. The van der Waals surface area contributed by atoms with E-state index in [0.29, 0.717) is 12.8 Å². The van der Waals surface area contributed by atoms with Gasteiger partial charge in [-0.2, -0.15) is 0 Å². The molecular formula is C21H24N2O4. The summed E-state index contributed by atoms with van der Waals surface area (Å²) in [6.45, 7) is 1.48. The third-order valence-corrected chi connectivity index (χ3v) is 4.98. The number of rotatable bonds is 7. The molecule has 0 aromatic heterocycles. The van der Waals surface area contributed by atoms with E-state index in [2.05, 4.69) is 10.6 Å². The smallest absolute Gasteiger partial charge is 0.303 e. The van der Waals surface area contributed by atoms with E-state index < -0.39 is 11.6 Å². The van der Waals surface area contributed by atoms with E-state index in [1.165, 1.54) is 6.92 Å². The fraction of sp³-hybridized carbons (Fsp3) is 0.333. The lowest BCUT2D eigenvalue weighted by molar-refractivity contribution is -0.137. The van der Waals surface area contributed by atoms with E-state index >= 15 is 0 Å². The zero-order valence-corrected chi connectivity index (χ0v) is 15.5. The van der Waals surface area contributed by atoms with Gasteiger partial charge in [-0.15, -0.1) is 0 Å². The minimum atomic E-state index is -0.847. The summed E-state index contributed by atoms with van der Waals surface area (Å²) in [4.78, 5) is 23.3. The molecule has 0 saturated carbocycles. The van der Waals surface area contributed by atoms with Gasteiger partial charge >= 0.3 is 5.97 Å². The minimum absolute atomic E-state index is 0.0324. The van der Waals surface area contributed by atoms with Crippen molar-refractivity contribution in [3.63, 3.8) is 0 Å². The van der Waals surface area contributed by atoms with E-state index in [0.717, 1.165) is 22.6 Å². The van der Waals surface area contributed by atoms with Crippen molar-refractivity contribution in [1.82, 2.24) is 5.32 Å². The number of anilines is 1. The van der Waals surface area contributed by atoms with Gasteiger partial charge in [0, 0.05) is 31.4 Å². The molecule has 2 aromatic rings. The number of carboxylic acid groups (broad SMARTS) is 1. The normalized spacial score (nSPS) is 20.4. The van der Waals surface area contributed by atoms with Crippen molar-refractivity contribution in [2.75, 3.05) is 12.4 Å². The van der Waals surface area contributed by atoms with Crippen molar-refractivity contribution >= 4 is 17.6 Å². The summed E-state index contributed by atoms with van der Waals surface area (Å²) in [5, 5.41) is 15.8. The Balaban J connectivity index is 1.99. The van der Waals surface area contributed by atoms with Crippen LogP contribution in [0.1, 0.15) is 36.8 Å². The van der Waals surface area contributed by atoms with E-state index in [4.69, 9.17) is 4.74 Å². The highest BCUT2D eigenvalue weighted by Gasteiger charge is 2.46. The summed E-state index contributed by atoms with van der Waals surface area (Å²) >= 11 is 0. The van der Waals surface area contributed by atoms with Gasteiger partial charge in [0.1, 0.15) is 11.4 Å². The van der Waals surface area contributed by atoms with Crippen molar-refractivity contribution in [3.05, 3.63) is 59.7 Å². The number of carboxylic acids is 1. The molecule has 27 heavy (non-hydrogen) atoms. The fourth-order valence-corrected chi connectivity index (χ4v) is 3.89. The molecule has 0 fully saturated rings. The second-order valence-electron chi connectivity index (χ2n) is 6.87. The van der Waals surface area contributed by atoms with Gasteiger partial charge in [0.2, 0.25) is 5.91 Å². The zero-order valence-electron chi connectivity index (χ0n) is 15.5. The standard InChI is InChI=1S/C21H24N2O4/c1-14(24)22-21(13-15-7-9-16(27-2)10-8-15)18(11-12-20(25)26)17-5-3-4-6-19(17)23-21/h3-10,18,23H,11-13H2,1-2H3,(H,22,24)(H,25,26)/t18-,21+/m0/s1. The maximum absolute atomic E-state index is 12.0. The molecule has 0 bridgehead atoms. The molecule has 3 N–H and O–H groups in total. The Morgan fingerprint density at radius 1 is 1.19 bits per heavy atom. The second kappa shape index (κ2) is 7.70. The number of methoxy groups -OCH3 is 1. The van der Waals surface area contributed by atoms with Crippen LogP contribution in [0.25, 0.3) is 0 Å². The number of nitrogens with one attached hydrogen (secondary N) is 2. The van der Waals surface area contributed by atoms with Gasteiger partial charge in [-0.25, -0.2) is 0 Å². The van der Waals surface area contributed by atoms with Crippen LogP contribution in [-0.2, 0) is 16.0 Å². The van der Waals surface area contributed by atoms with Gasteiger partial charge in [0.25, 0.3) is 0 Å². The lowest BCUT2D eigenvalue weighted by Gasteiger charge is -2.37. The van der Waals surface area contributed by atoms with Gasteiger partial charge in [-0.05, 0) is 35.7 Å². The first-order valence-electron chi connectivity index (χ1n) is 8.94. The first-order chi connectivity index (χ1) is 12.9. The second-order valence-corrected chi connectivity index (χ2v) is 6.87. The fourth-order valence-electron chi connectivity index (χ4n) is 3.89. The monoisotopic (exact) mass is 368 g/mol. The van der Waals surface area contributed by atoms with Crippen LogP contribution in [0.15, 0.2) is 48.5 Å². The molecule has 0 radical (unpaired) electrons. The molecule has 142 valence electrons. The molecule has 0 spiro atoms. The lowest BCUT2D eigenvalue weighted by atomic mass is 9.82. The molecule has 2 atom stereocenters. The minimum Gasteiger partial charge on any atom is -0.497 e. The number of amides is 1. The summed E-state index contributed by atoms with van der Waals surface area (Å²) in [6.07, 6.45) is 0.982. The highest BCUT2D eigenvalue weighted by Crippen LogP contribution is 2.45. The average molecular weight is 368 g/mol. The van der Waals surface area contributed by atoms with E-state index in [9.17, 15) is 14.7 Å². The number of hydrogen-bond acceptors (Lipinski definition) is 4. The Labute approximate surface area is 158 Å². The molecule has 6 heteroatoms. The van der Waals surface area contributed by atoms with Crippen LogP contribution < -0.4 is 15.4 Å². The number of carbonyl (C=O) groups is 2. The van der Waals surface area contributed by atoms with Crippen molar-refractivity contribution in [1.29, 1.82) is 0 Å². The van der Waals surface area contributed by atoms with Crippen molar-refractivity contribution in [3.8, 4) is 5.75 Å².